The molecule has 7 nitrogen and oxygen atoms in total. The van der Waals surface area contributed by atoms with Gasteiger partial charge in [0.1, 0.15) is 0 Å². The zero-order valence-corrected chi connectivity index (χ0v) is 15.1. The molecule has 0 aliphatic carbocycles. The predicted molar refractivity (Wildman–Crippen MR) is 93.0 cm³/mol. The highest BCUT2D eigenvalue weighted by molar-refractivity contribution is 5.74. The Morgan fingerprint density at radius 3 is 2.54 bits per heavy atom. The van der Waals surface area contributed by atoms with Gasteiger partial charge in [-0.2, -0.15) is 5.10 Å². The Morgan fingerprint density at radius 1 is 1.33 bits per heavy atom. The number of carbonyl (C=O) groups excluding carboxylic acids is 1. The van der Waals surface area contributed by atoms with E-state index in [0.717, 1.165) is 28.2 Å². The maximum absolute atomic E-state index is 12.2. The number of H-pyrrole nitrogens is 1. The Bertz CT molecular complexity index is 819. The van der Waals surface area contributed by atoms with E-state index in [-0.39, 0.29) is 24.2 Å². The first-order valence-electron chi connectivity index (χ1n) is 7.94. The number of nitrogens with one attached hydrogen (secondary N) is 3. The van der Waals surface area contributed by atoms with Gasteiger partial charge in [0.15, 0.2) is 0 Å². The molecule has 0 aliphatic rings. The first-order chi connectivity index (χ1) is 11.2. The van der Waals surface area contributed by atoms with Gasteiger partial charge in [0, 0.05) is 29.6 Å². The molecule has 2 aromatic rings. The molecule has 0 unspecified atom stereocenters. The van der Waals surface area contributed by atoms with E-state index in [2.05, 4.69) is 20.7 Å². The van der Waals surface area contributed by atoms with Crippen LogP contribution in [0.5, 0.6) is 0 Å². The quantitative estimate of drug-likeness (QED) is 0.799. The summed E-state index contributed by atoms with van der Waals surface area (Å²) in [7, 11) is 1.88. The van der Waals surface area contributed by atoms with Crippen molar-refractivity contribution in [3.63, 3.8) is 0 Å². The van der Waals surface area contributed by atoms with Crippen LogP contribution in [0.1, 0.15) is 46.7 Å². The summed E-state index contributed by atoms with van der Waals surface area (Å²) in [5.74, 6) is 0. The number of aromatic amines is 1. The van der Waals surface area contributed by atoms with Gasteiger partial charge in [0.05, 0.1) is 18.3 Å². The molecule has 0 fully saturated rings. The lowest BCUT2D eigenvalue weighted by Gasteiger charge is -2.16. The second-order valence-corrected chi connectivity index (χ2v) is 6.20. The van der Waals surface area contributed by atoms with Gasteiger partial charge in [-0.25, -0.2) is 4.79 Å². The van der Waals surface area contributed by atoms with E-state index in [4.69, 9.17) is 0 Å². The SMILES string of the molecule is Cc1cc(C)c(CNC(=O)N[C@H](C)c2c(C)nn(C)c2C)c(=O)[nH]1. The van der Waals surface area contributed by atoms with Gasteiger partial charge in [-0.3, -0.25) is 9.48 Å². The number of aryl methyl sites for hydroxylation is 4. The highest BCUT2D eigenvalue weighted by Gasteiger charge is 2.18. The molecule has 2 amide bonds. The summed E-state index contributed by atoms with van der Waals surface area (Å²) in [6.45, 7) is 9.69. The van der Waals surface area contributed by atoms with Gasteiger partial charge in [0.2, 0.25) is 0 Å². The fourth-order valence-corrected chi connectivity index (χ4v) is 3.01. The van der Waals surface area contributed by atoms with Crippen LogP contribution in [0.2, 0.25) is 0 Å². The molecule has 0 aliphatic heterocycles. The number of carbonyl (C=O) groups is 1. The maximum atomic E-state index is 12.2. The minimum absolute atomic E-state index is 0.167. The van der Waals surface area contributed by atoms with Gasteiger partial charge in [-0.15, -0.1) is 0 Å². The molecule has 0 aromatic carbocycles. The molecule has 130 valence electrons. The maximum Gasteiger partial charge on any atom is 0.315 e. The molecule has 7 heteroatoms. The number of amides is 2. The van der Waals surface area contributed by atoms with Crippen molar-refractivity contribution in [2.24, 2.45) is 7.05 Å². The van der Waals surface area contributed by atoms with Gasteiger partial charge in [-0.05, 0) is 46.2 Å². The van der Waals surface area contributed by atoms with Gasteiger partial charge in [0.25, 0.3) is 5.56 Å². The van der Waals surface area contributed by atoms with Crippen LogP contribution in [0.3, 0.4) is 0 Å². The largest absolute Gasteiger partial charge is 0.334 e. The Morgan fingerprint density at radius 2 is 2.00 bits per heavy atom. The molecule has 1 atom stereocenters. The smallest absolute Gasteiger partial charge is 0.315 e. The molecular formula is C17H25N5O2. The predicted octanol–water partition coefficient (Wildman–Crippen LogP) is 1.90. The van der Waals surface area contributed by atoms with Gasteiger partial charge >= 0.3 is 6.03 Å². The minimum Gasteiger partial charge on any atom is -0.334 e. The first kappa shape index (κ1) is 17.8. The average molecular weight is 331 g/mol. The van der Waals surface area contributed by atoms with Crippen molar-refractivity contribution in [3.05, 3.63) is 50.2 Å². The topological polar surface area (TPSA) is 91.8 Å². The summed E-state index contributed by atoms with van der Waals surface area (Å²) in [5, 5.41) is 10.0. The van der Waals surface area contributed by atoms with Crippen LogP contribution >= 0.6 is 0 Å². The van der Waals surface area contributed by atoms with Gasteiger partial charge < -0.3 is 15.6 Å². The highest BCUT2D eigenvalue weighted by Crippen LogP contribution is 2.20. The molecule has 0 bridgehead atoms. The second kappa shape index (κ2) is 6.90. The van der Waals surface area contributed by atoms with Crippen molar-refractivity contribution in [1.29, 1.82) is 0 Å². The van der Waals surface area contributed by atoms with Crippen LogP contribution in [-0.2, 0) is 13.6 Å². The normalized spacial score (nSPS) is 12.1. The lowest BCUT2D eigenvalue weighted by atomic mass is 10.1. The number of hydrogen-bond donors (Lipinski definition) is 3. The van der Waals surface area contributed by atoms with Crippen molar-refractivity contribution < 1.29 is 4.79 Å². The Hall–Kier alpha value is -2.57. The summed E-state index contributed by atoms with van der Waals surface area (Å²) in [5.41, 5.74) is 5.00. The number of nitrogens with zero attached hydrogens (tertiary/aromatic N) is 2. The van der Waals surface area contributed by atoms with Crippen molar-refractivity contribution in [3.8, 4) is 0 Å². The molecule has 0 spiro atoms. The third kappa shape index (κ3) is 3.67. The summed E-state index contributed by atoms with van der Waals surface area (Å²) in [6.07, 6.45) is 0. The lowest BCUT2D eigenvalue weighted by molar-refractivity contribution is 0.237. The summed E-state index contributed by atoms with van der Waals surface area (Å²) < 4.78 is 1.80. The van der Waals surface area contributed by atoms with Crippen LogP contribution in [0.25, 0.3) is 0 Å². The molecule has 0 saturated carbocycles. The van der Waals surface area contributed by atoms with Crippen molar-refractivity contribution in [2.75, 3.05) is 0 Å². The highest BCUT2D eigenvalue weighted by atomic mass is 16.2. The molecule has 3 N–H and O–H groups in total. The van der Waals surface area contributed by atoms with Crippen LogP contribution in [0.15, 0.2) is 10.9 Å². The van der Waals surface area contributed by atoms with E-state index in [1.54, 1.807) is 4.68 Å². The summed E-state index contributed by atoms with van der Waals surface area (Å²) in [6, 6.07) is 1.40. The van der Waals surface area contributed by atoms with Crippen LogP contribution < -0.4 is 16.2 Å². The monoisotopic (exact) mass is 331 g/mol. The first-order valence-corrected chi connectivity index (χ1v) is 7.94. The number of rotatable bonds is 4. The Kier molecular flexibility index (Phi) is 5.11. The second-order valence-electron chi connectivity index (χ2n) is 6.20. The van der Waals surface area contributed by atoms with Crippen molar-refractivity contribution in [1.82, 2.24) is 25.4 Å². The molecule has 2 aromatic heterocycles. The zero-order chi connectivity index (χ0) is 18.0. The van der Waals surface area contributed by atoms with E-state index in [1.165, 1.54) is 0 Å². The van der Waals surface area contributed by atoms with E-state index in [1.807, 2.05) is 47.7 Å². The Balaban J connectivity index is 2.03. The number of aromatic nitrogens is 3. The summed E-state index contributed by atoms with van der Waals surface area (Å²) >= 11 is 0. The van der Waals surface area contributed by atoms with Crippen LogP contribution in [0, 0.1) is 27.7 Å². The van der Waals surface area contributed by atoms with Crippen molar-refractivity contribution in [2.45, 2.75) is 47.2 Å². The molecule has 2 heterocycles. The third-order valence-corrected chi connectivity index (χ3v) is 4.27. The summed E-state index contributed by atoms with van der Waals surface area (Å²) in [4.78, 5) is 26.9. The molecule has 0 saturated heterocycles. The van der Waals surface area contributed by atoms with Crippen LogP contribution in [0.4, 0.5) is 4.79 Å². The molecular weight excluding hydrogens is 306 g/mol. The fourth-order valence-electron chi connectivity index (χ4n) is 3.01. The number of hydrogen-bond acceptors (Lipinski definition) is 3. The third-order valence-electron chi connectivity index (χ3n) is 4.27. The van der Waals surface area contributed by atoms with E-state index < -0.39 is 0 Å². The van der Waals surface area contributed by atoms with Crippen LogP contribution in [-0.4, -0.2) is 20.8 Å². The fraction of sp³-hybridized carbons (Fsp3) is 0.471. The Labute approximate surface area is 141 Å². The van der Waals surface area contributed by atoms with E-state index in [0.29, 0.717) is 5.56 Å². The lowest BCUT2D eigenvalue weighted by Crippen LogP contribution is -2.38. The van der Waals surface area contributed by atoms with E-state index in [9.17, 15) is 9.59 Å². The van der Waals surface area contributed by atoms with Gasteiger partial charge in [-0.1, -0.05) is 0 Å². The molecule has 0 radical (unpaired) electrons. The zero-order valence-electron chi connectivity index (χ0n) is 15.1. The number of urea groups is 1. The number of pyridine rings is 1. The standard InChI is InChI=1S/C17H25N5O2/c1-9-7-10(2)19-16(23)14(9)8-18-17(24)20-11(3)15-12(4)21-22(6)13(15)5/h7,11H,8H2,1-6H3,(H,19,23)(H2,18,20,24)/t11-/m1/s1. The van der Waals surface area contributed by atoms with Crippen molar-refractivity contribution >= 4 is 6.03 Å². The average Bonchev–Trinajstić information content (AvgIpc) is 2.70. The minimum atomic E-state index is -0.315. The van der Waals surface area contributed by atoms with E-state index >= 15 is 0 Å². The molecule has 24 heavy (non-hydrogen) atoms. The molecule has 2 rings (SSSR count).